The molecule has 0 N–H and O–H groups in total. The van der Waals surface area contributed by atoms with Crippen LogP contribution in [0.25, 0.3) is 0 Å². The van der Waals surface area contributed by atoms with Gasteiger partial charge in [-0.1, -0.05) is 15.9 Å². The Hall–Kier alpha value is -0.0000000000000000208. The predicted octanol–water partition coefficient (Wildman–Crippen LogP) is 3.05. The van der Waals surface area contributed by atoms with E-state index < -0.39 is 15.1 Å². The van der Waals surface area contributed by atoms with Crippen LogP contribution in [0, 0.1) is 0 Å². The molecule has 1 saturated heterocycles. The zero-order valence-corrected chi connectivity index (χ0v) is 16.3. The van der Waals surface area contributed by atoms with Crippen molar-refractivity contribution in [3.63, 3.8) is 0 Å². The molecule has 0 saturated carbocycles. The van der Waals surface area contributed by atoms with Crippen LogP contribution in [0.2, 0.25) is 0 Å². The minimum atomic E-state index is -3.39. The van der Waals surface area contributed by atoms with Crippen LogP contribution in [0.1, 0.15) is 20.3 Å². The van der Waals surface area contributed by atoms with Gasteiger partial charge in [0.25, 0.3) is 0 Å². The Labute approximate surface area is 143 Å². The lowest BCUT2D eigenvalue weighted by molar-refractivity contribution is -0.0524. The predicted molar refractivity (Wildman–Crippen MR) is 94.1 cm³/mol. The molecule has 4 atom stereocenters. The molecule has 0 radical (unpaired) electrons. The lowest BCUT2D eigenvalue weighted by Gasteiger charge is -2.34. The lowest BCUT2D eigenvalue weighted by atomic mass is 10.1. The van der Waals surface area contributed by atoms with Crippen molar-refractivity contribution in [3.8, 4) is 0 Å². The molecule has 0 bridgehead atoms. The van der Waals surface area contributed by atoms with Gasteiger partial charge in [0.2, 0.25) is 0 Å². The molecular weight excluding hydrogens is 387 g/mol. The molecule has 1 aromatic rings. The first-order chi connectivity index (χ1) is 10.3. The van der Waals surface area contributed by atoms with Gasteiger partial charge in [0, 0.05) is 4.47 Å². The summed E-state index contributed by atoms with van der Waals surface area (Å²) in [6.45, 7) is 4.66. The van der Waals surface area contributed by atoms with Gasteiger partial charge in [0.15, 0.2) is 9.84 Å². The highest BCUT2D eigenvalue weighted by Crippen LogP contribution is 2.30. The summed E-state index contributed by atoms with van der Waals surface area (Å²) in [5, 5.41) is -0.533. The Morgan fingerprint density at radius 3 is 2.55 bits per heavy atom. The summed E-state index contributed by atoms with van der Waals surface area (Å²) in [6, 6.07) is 6.75. The Morgan fingerprint density at radius 1 is 1.36 bits per heavy atom. The van der Waals surface area contributed by atoms with Gasteiger partial charge in [-0.05, 0) is 50.2 Å². The highest BCUT2D eigenvalue weighted by atomic mass is 79.9. The molecule has 0 spiro atoms. The van der Waals surface area contributed by atoms with Gasteiger partial charge in [0.1, 0.15) is 0 Å². The molecule has 1 aliphatic heterocycles. The van der Waals surface area contributed by atoms with Crippen LogP contribution in [-0.4, -0.2) is 44.7 Å². The molecule has 0 aliphatic carbocycles. The first-order valence-corrected chi connectivity index (χ1v) is 10.3. The summed E-state index contributed by atoms with van der Waals surface area (Å²) in [7, 11) is -0.724. The van der Waals surface area contributed by atoms with Crippen molar-refractivity contribution in [2.45, 2.75) is 48.3 Å². The zero-order valence-electron chi connectivity index (χ0n) is 12.7. The van der Waals surface area contributed by atoms with E-state index in [1.54, 1.807) is 24.3 Å². The van der Waals surface area contributed by atoms with Crippen molar-refractivity contribution >= 4 is 35.0 Å². The molecule has 2 rings (SSSR count). The molecule has 124 valence electrons. The molecule has 4 nitrogen and oxygen atoms in total. The maximum atomic E-state index is 12.7. The summed E-state index contributed by atoms with van der Waals surface area (Å²) >= 11 is 3.32. The quantitative estimate of drug-likeness (QED) is 0.702. The second-order valence-corrected chi connectivity index (χ2v) is 9.71. The van der Waals surface area contributed by atoms with Crippen LogP contribution >= 0.6 is 25.2 Å². The van der Waals surface area contributed by atoms with Gasteiger partial charge in [-0.2, -0.15) is 0 Å². The molecule has 22 heavy (non-hydrogen) atoms. The van der Waals surface area contributed by atoms with E-state index >= 15 is 0 Å². The summed E-state index contributed by atoms with van der Waals surface area (Å²) < 4.78 is 37.6. The third-order valence-electron chi connectivity index (χ3n) is 3.66. The SMILES string of the molecule is CC(C)OCC1C[C@@H](P)C(S(=O)(=O)c2ccc(Br)cc2)CO1. The zero-order chi connectivity index (χ0) is 16.3. The third-order valence-corrected chi connectivity index (χ3v) is 7.42. The van der Waals surface area contributed by atoms with Gasteiger partial charge in [-0.15, -0.1) is 9.24 Å². The lowest BCUT2D eigenvalue weighted by Crippen LogP contribution is -2.44. The maximum Gasteiger partial charge on any atom is 0.184 e. The molecule has 1 aromatic carbocycles. The monoisotopic (exact) mass is 408 g/mol. The van der Waals surface area contributed by atoms with E-state index in [1.165, 1.54) is 0 Å². The van der Waals surface area contributed by atoms with Crippen LogP contribution in [0.4, 0.5) is 0 Å². The van der Waals surface area contributed by atoms with Crippen molar-refractivity contribution in [3.05, 3.63) is 28.7 Å². The van der Waals surface area contributed by atoms with Crippen molar-refractivity contribution in [2.75, 3.05) is 13.2 Å². The van der Waals surface area contributed by atoms with E-state index in [4.69, 9.17) is 9.47 Å². The van der Waals surface area contributed by atoms with E-state index in [0.29, 0.717) is 17.9 Å². The van der Waals surface area contributed by atoms with Crippen LogP contribution in [0.5, 0.6) is 0 Å². The van der Waals surface area contributed by atoms with Crippen LogP contribution in [0.15, 0.2) is 33.6 Å². The fraction of sp³-hybridized carbons (Fsp3) is 0.600. The van der Waals surface area contributed by atoms with Gasteiger partial charge >= 0.3 is 0 Å². The van der Waals surface area contributed by atoms with E-state index in [-0.39, 0.29) is 24.5 Å². The molecule has 1 heterocycles. The number of halogens is 1. The molecule has 0 amide bonds. The molecule has 0 aromatic heterocycles. The van der Waals surface area contributed by atoms with E-state index in [0.717, 1.165) is 4.47 Å². The number of rotatable bonds is 5. The van der Waals surface area contributed by atoms with Crippen molar-refractivity contribution < 1.29 is 17.9 Å². The number of hydrogen-bond donors (Lipinski definition) is 0. The maximum absolute atomic E-state index is 12.7. The van der Waals surface area contributed by atoms with Crippen LogP contribution < -0.4 is 0 Å². The van der Waals surface area contributed by atoms with E-state index in [9.17, 15) is 8.42 Å². The van der Waals surface area contributed by atoms with Gasteiger partial charge < -0.3 is 9.47 Å². The van der Waals surface area contributed by atoms with Gasteiger partial charge in [0.05, 0.1) is 35.6 Å². The average Bonchev–Trinajstić information content (AvgIpc) is 2.45. The minimum absolute atomic E-state index is 0.0387. The normalized spacial score (nSPS) is 26.3. The minimum Gasteiger partial charge on any atom is -0.376 e. The molecule has 1 fully saturated rings. The van der Waals surface area contributed by atoms with Gasteiger partial charge in [-0.3, -0.25) is 0 Å². The van der Waals surface area contributed by atoms with Gasteiger partial charge in [-0.25, -0.2) is 8.42 Å². The number of hydrogen-bond acceptors (Lipinski definition) is 4. The third kappa shape index (κ3) is 4.51. The smallest absolute Gasteiger partial charge is 0.184 e. The second-order valence-electron chi connectivity index (χ2n) is 5.77. The Kier molecular flexibility index (Phi) is 6.43. The topological polar surface area (TPSA) is 52.6 Å². The summed E-state index contributed by atoms with van der Waals surface area (Å²) in [5.41, 5.74) is -0.0387. The number of benzene rings is 1. The average molecular weight is 409 g/mol. The first-order valence-electron chi connectivity index (χ1n) is 7.29. The number of sulfone groups is 1. The number of ether oxygens (including phenoxy) is 2. The van der Waals surface area contributed by atoms with E-state index in [2.05, 4.69) is 25.2 Å². The molecular formula is C15H22BrO4PS. The van der Waals surface area contributed by atoms with Crippen molar-refractivity contribution in [1.29, 1.82) is 0 Å². The fourth-order valence-electron chi connectivity index (χ4n) is 2.41. The Balaban J connectivity index is 2.05. The molecule has 3 unspecified atom stereocenters. The van der Waals surface area contributed by atoms with Crippen molar-refractivity contribution in [1.82, 2.24) is 0 Å². The molecule has 7 heteroatoms. The first kappa shape index (κ1) is 18.3. The van der Waals surface area contributed by atoms with Crippen LogP contribution in [0.3, 0.4) is 0 Å². The van der Waals surface area contributed by atoms with E-state index in [1.807, 2.05) is 13.8 Å². The van der Waals surface area contributed by atoms with Crippen molar-refractivity contribution in [2.24, 2.45) is 0 Å². The fourth-order valence-corrected chi connectivity index (χ4v) is 5.41. The molecule has 1 aliphatic rings. The summed E-state index contributed by atoms with van der Waals surface area (Å²) in [5.74, 6) is 0. The highest BCUT2D eigenvalue weighted by Gasteiger charge is 2.38. The Bertz CT molecular complexity index is 588. The summed E-state index contributed by atoms with van der Waals surface area (Å²) in [4.78, 5) is 0.341. The largest absolute Gasteiger partial charge is 0.376 e. The highest BCUT2D eigenvalue weighted by molar-refractivity contribution is 9.10. The Morgan fingerprint density at radius 2 is 2.00 bits per heavy atom. The standard InChI is InChI=1S/C15H22BrO4PS/c1-10(2)19-8-12-7-14(21)15(9-20-12)22(17,18)13-5-3-11(16)4-6-13/h3-6,10,12,14-15H,7-9,21H2,1-2H3/t12?,14-,15?/m1/s1. The van der Waals surface area contributed by atoms with Crippen LogP contribution in [-0.2, 0) is 19.3 Å². The second kappa shape index (κ2) is 7.71. The summed E-state index contributed by atoms with van der Waals surface area (Å²) in [6.07, 6.45) is 0.773.